The molecule has 20 heavy (non-hydrogen) atoms. The maximum absolute atomic E-state index is 11.9. The Hall–Kier alpha value is -2.24. The summed E-state index contributed by atoms with van der Waals surface area (Å²) in [5.41, 5.74) is 0. The molecule has 1 atom stereocenters. The molecule has 0 aliphatic carbocycles. The van der Waals surface area contributed by atoms with E-state index in [1.54, 1.807) is 18.2 Å². The number of carbonyl (C=O) groups is 2. The third kappa shape index (κ3) is 3.63. The van der Waals surface area contributed by atoms with Crippen molar-refractivity contribution in [2.24, 2.45) is 0 Å². The van der Waals surface area contributed by atoms with Crippen LogP contribution in [0.1, 0.15) is 13.8 Å². The van der Waals surface area contributed by atoms with E-state index in [4.69, 9.17) is 9.47 Å². The van der Waals surface area contributed by atoms with Crippen molar-refractivity contribution in [3.05, 3.63) is 24.3 Å². The van der Waals surface area contributed by atoms with Gasteiger partial charge in [-0.3, -0.25) is 9.59 Å². The first-order chi connectivity index (χ1) is 9.56. The number of ether oxygens (including phenoxy) is 2. The Bertz CT molecular complexity index is 502. The molecule has 0 saturated heterocycles. The lowest BCUT2D eigenvalue weighted by Gasteiger charge is -2.25. The number of hydrogen-bond donors (Lipinski definition) is 2. The first-order valence-electron chi connectivity index (χ1n) is 6.52. The summed E-state index contributed by atoms with van der Waals surface area (Å²) in [5.74, 6) is 0.559. The molecule has 2 N–H and O–H groups in total. The van der Waals surface area contributed by atoms with Crippen molar-refractivity contribution >= 4 is 11.8 Å². The predicted molar refractivity (Wildman–Crippen MR) is 72.6 cm³/mol. The van der Waals surface area contributed by atoms with E-state index in [0.29, 0.717) is 11.5 Å². The highest BCUT2D eigenvalue weighted by Crippen LogP contribution is 2.30. The number of carbonyl (C=O) groups excluding carboxylic acids is 2. The molecule has 0 fully saturated rings. The second-order valence-electron chi connectivity index (χ2n) is 4.80. The van der Waals surface area contributed by atoms with Gasteiger partial charge in [-0.05, 0) is 26.0 Å². The zero-order valence-electron chi connectivity index (χ0n) is 11.5. The molecule has 6 heteroatoms. The van der Waals surface area contributed by atoms with Gasteiger partial charge in [0, 0.05) is 6.04 Å². The van der Waals surface area contributed by atoms with Gasteiger partial charge in [0.25, 0.3) is 5.91 Å². The summed E-state index contributed by atoms with van der Waals surface area (Å²) in [5, 5.41) is 5.22. The van der Waals surface area contributed by atoms with Crippen LogP contribution < -0.4 is 20.1 Å². The van der Waals surface area contributed by atoms with Gasteiger partial charge in [0.2, 0.25) is 12.0 Å². The fourth-order valence-electron chi connectivity index (χ4n) is 1.80. The Morgan fingerprint density at radius 3 is 2.70 bits per heavy atom. The molecule has 1 aromatic rings. The monoisotopic (exact) mass is 278 g/mol. The van der Waals surface area contributed by atoms with E-state index in [-0.39, 0.29) is 31.0 Å². The van der Waals surface area contributed by atoms with Crippen LogP contribution in [0.5, 0.6) is 11.5 Å². The zero-order valence-corrected chi connectivity index (χ0v) is 11.5. The standard InChI is InChI=1S/C14H18N2O4/c1-9(2)16-13(17)7-15-14(18)12-8-19-10-5-3-4-6-11(10)20-12/h3-6,9,12H,7-8H2,1-2H3,(H,15,18)(H,16,17)/t12-/m1/s1. The Balaban J connectivity index is 1.84. The minimum Gasteiger partial charge on any atom is -0.485 e. The van der Waals surface area contributed by atoms with Gasteiger partial charge in [-0.2, -0.15) is 0 Å². The normalized spacial score (nSPS) is 16.6. The number of fused-ring (bicyclic) bond motifs is 1. The highest BCUT2D eigenvalue weighted by atomic mass is 16.6. The lowest BCUT2D eigenvalue weighted by molar-refractivity contribution is -0.132. The van der Waals surface area contributed by atoms with E-state index < -0.39 is 6.10 Å². The predicted octanol–water partition coefficient (Wildman–Crippen LogP) is 0.467. The summed E-state index contributed by atoms with van der Waals surface area (Å²) in [6, 6.07) is 7.19. The van der Waals surface area contributed by atoms with Crippen molar-refractivity contribution < 1.29 is 19.1 Å². The lowest BCUT2D eigenvalue weighted by atomic mass is 10.2. The smallest absolute Gasteiger partial charge is 0.265 e. The third-order valence-electron chi connectivity index (χ3n) is 2.67. The molecule has 0 saturated carbocycles. The molecular formula is C14H18N2O4. The number of rotatable bonds is 4. The Morgan fingerprint density at radius 2 is 2.00 bits per heavy atom. The second kappa shape index (κ2) is 6.27. The number of benzene rings is 1. The van der Waals surface area contributed by atoms with Crippen LogP contribution in [0.25, 0.3) is 0 Å². The average Bonchev–Trinajstić information content (AvgIpc) is 2.43. The number of nitrogens with one attached hydrogen (secondary N) is 2. The van der Waals surface area contributed by atoms with Gasteiger partial charge in [0.15, 0.2) is 11.5 Å². The fraction of sp³-hybridized carbons (Fsp3) is 0.429. The maximum Gasteiger partial charge on any atom is 0.265 e. The number of para-hydroxylation sites is 2. The van der Waals surface area contributed by atoms with Crippen LogP contribution in [0.3, 0.4) is 0 Å². The maximum atomic E-state index is 11.9. The Kier molecular flexibility index (Phi) is 4.45. The Morgan fingerprint density at radius 1 is 1.30 bits per heavy atom. The van der Waals surface area contributed by atoms with Crippen molar-refractivity contribution in [2.75, 3.05) is 13.2 Å². The highest BCUT2D eigenvalue weighted by Gasteiger charge is 2.27. The van der Waals surface area contributed by atoms with Gasteiger partial charge < -0.3 is 20.1 Å². The highest BCUT2D eigenvalue weighted by molar-refractivity contribution is 5.87. The minimum atomic E-state index is -0.739. The number of hydrogen-bond acceptors (Lipinski definition) is 4. The molecule has 0 unspecified atom stereocenters. The molecule has 6 nitrogen and oxygen atoms in total. The van der Waals surface area contributed by atoms with Crippen molar-refractivity contribution in [3.63, 3.8) is 0 Å². The van der Waals surface area contributed by atoms with Crippen LogP contribution in [0, 0.1) is 0 Å². The van der Waals surface area contributed by atoms with Crippen molar-refractivity contribution in [1.29, 1.82) is 0 Å². The summed E-state index contributed by atoms with van der Waals surface area (Å²) in [6.07, 6.45) is -0.739. The van der Waals surface area contributed by atoms with E-state index in [0.717, 1.165) is 0 Å². The molecule has 0 aromatic heterocycles. The SMILES string of the molecule is CC(C)NC(=O)CNC(=O)[C@H]1COc2ccccc2O1. The van der Waals surface area contributed by atoms with Crippen molar-refractivity contribution in [3.8, 4) is 11.5 Å². The minimum absolute atomic E-state index is 0.0422. The summed E-state index contributed by atoms with van der Waals surface area (Å²) in [7, 11) is 0. The van der Waals surface area contributed by atoms with Gasteiger partial charge in [-0.25, -0.2) is 0 Å². The van der Waals surface area contributed by atoms with Crippen LogP contribution in [0.15, 0.2) is 24.3 Å². The summed E-state index contributed by atoms with van der Waals surface area (Å²) in [4.78, 5) is 23.3. The third-order valence-corrected chi connectivity index (χ3v) is 2.67. The van der Waals surface area contributed by atoms with Crippen LogP contribution in [-0.4, -0.2) is 37.1 Å². The van der Waals surface area contributed by atoms with Crippen LogP contribution >= 0.6 is 0 Å². The van der Waals surface area contributed by atoms with Crippen molar-refractivity contribution in [2.45, 2.75) is 26.0 Å². The van der Waals surface area contributed by atoms with Gasteiger partial charge in [-0.1, -0.05) is 12.1 Å². The van der Waals surface area contributed by atoms with Crippen LogP contribution in [0.4, 0.5) is 0 Å². The molecule has 1 aliphatic rings. The van der Waals surface area contributed by atoms with Gasteiger partial charge in [0.1, 0.15) is 6.61 Å². The molecule has 0 spiro atoms. The van der Waals surface area contributed by atoms with Crippen LogP contribution in [0.2, 0.25) is 0 Å². The summed E-state index contributed by atoms with van der Waals surface area (Å²) >= 11 is 0. The molecule has 1 aromatic carbocycles. The average molecular weight is 278 g/mol. The summed E-state index contributed by atoms with van der Waals surface area (Å²) in [6.45, 7) is 3.77. The van der Waals surface area contributed by atoms with E-state index in [1.807, 2.05) is 19.9 Å². The summed E-state index contributed by atoms with van der Waals surface area (Å²) < 4.78 is 11.0. The van der Waals surface area contributed by atoms with Gasteiger partial charge in [0.05, 0.1) is 6.54 Å². The van der Waals surface area contributed by atoms with E-state index in [9.17, 15) is 9.59 Å². The van der Waals surface area contributed by atoms with Gasteiger partial charge >= 0.3 is 0 Å². The molecule has 1 heterocycles. The quantitative estimate of drug-likeness (QED) is 0.839. The number of amides is 2. The molecular weight excluding hydrogens is 260 g/mol. The lowest BCUT2D eigenvalue weighted by Crippen LogP contribution is -2.47. The first kappa shape index (κ1) is 14.2. The zero-order chi connectivity index (χ0) is 14.5. The second-order valence-corrected chi connectivity index (χ2v) is 4.80. The van der Waals surface area contributed by atoms with E-state index in [1.165, 1.54) is 0 Å². The first-order valence-corrected chi connectivity index (χ1v) is 6.52. The molecule has 0 radical (unpaired) electrons. The van der Waals surface area contributed by atoms with Crippen molar-refractivity contribution in [1.82, 2.24) is 10.6 Å². The van der Waals surface area contributed by atoms with Crippen LogP contribution in [-0.2, 0) is 9.59 Å². The van der Waals surface area contributed by atoms with E-state index in [2.05, 4.69) is 10.6 Å². The molecule has 2 amide bonds. The Labute approximate surface area is 117 Å². The molecule has 1 aliphatic heterocycles. The fourth-order valence-corrected chi connectivity index (χ4v) is 1.80. The molecule has 2 rings (SSSR count). The largest absolute Gasteiger partial charge is 0.485 e. The van der Waals surface area contributed by atoms with E-state index >= 15 is 0 Å². The molecule has 0 bridgehead atoms. The molecule has 108 valence electrons. The topological polar surface area (TPSA) is 76.7 Å². The van der Waals surface area contributed by atoms with Gasteiger partial charge in [-0.15, -0.1) is 0 Å².